The highest BCUT2D eigenvalue weighted by molar-refractivity contribution is 6.28. The fourth-order valence-corrected chi connectivity index (χ4v) is 1.75. The van der Waals surface area contributed by atoms with Crippen molar-refractivity contribution in [2.75, 3.05) is 0 Å². The molecule has 0 atom stereocenters. The normalized spacial score (nSPS) is 14.6. The molecule has 86 valence electrons. The first-order chi connectivity index (χ1) is 8.31. The molecule has 1 fully saturated rings. The molecule has 1 heterocycles. The lowest BCUT2D eigenvalue weighted by Gasteiger charge is -2.06. The number of ether oxygens (including phenoxy) is 1. The summed E-state index contributed by atoms with van der Waals surface area (Å²) in [6.45, 7) is 0. The second-order valence-corrected chi connectivity index (χ2v) is 4.39. The third kappa shape index (κ3) is 2.56. The molecule has 0 amide bonds. The van der Waals surface area contributed by atoms with Crippen molar-refractivity contribution >= 4 is 11.6 Å². The second kappa shape index (κ2) is 4.34. The first kappa shape index (κ1) is 10.5. The molecule has 2 aromatic rings. The Morgan fingerprint density at radius 3 is 2.88 bits per heavy atom. The van der Waals surface area contributed by atoms with E-state index >= 15 is 0 Å². The lowest BCUT2D eigenvalue weighted by atomic mass is 10.1. The van der Waals surface area contributed by atoms with E-state index < -0.39 is 0 Å². The summed E-state index contributed by atoms with van der Waals surface area (Å²) in [5.41, 5.74) is 1.80. The number of rotatable bonds is 3. The molecule has 1 aliphatic carbocycles. The quantitative estimate of drug-likeness (QED) is 0.779. The van der Waals surface area contributed by atoms with E-state index in [1.54, 1.807) is 6.20 Å². The van der Waals surface area contributed by atoms with Crippen molar-refractivity contribution in [1.82, 2.24) is 9.97 Å². The van der Waals surface area contributed by atoms with Gasteiger partial charge in [-0.25, -0.2) is 9.97 Å². The summed E-state index contributed by atoms with van der Waals surface area (Å²) >= 11 is 5.78. The molecule has 0 N–H and O–H groups in total. The zero-order valence-corrected chi connectivity index (χ0v) is 9.89. The van der Waals surface area contributed by atoms with Crippen LogP contribution in [0.2, 0.25) is 5.28 Å². The highest BCUT2D eigenvalue weighted by Gasteiger charge is 2.23. The molecule has 0 unspecified atom stereocenters. The summed E-state index contributed by atoms with van der Waals surface area (Å²) in [5.74, 6) is 0.889. The zero-order chi connectivity index (χ0) is 11.7. The second-order valence-electron chi connectivity index (χ2n) is 4.06. The lowest BCUT2D eigenvalue weighted by molar-refractivity contribution is 0.303. The maximum absolute atomic E-state index is 5.78. The van der Waals surface area contributed by atoms with Gasteiger partial charge in [-0.05, 0) is 42.6 Å². The predicted octanol–water partition coefficient (Wildman–Crippen LogP) is 3.34. The minimum Gasteiger partial charge on any atom is -0.490 e. The first-order valence-electron chi connectivity index (χ1n) is 5.57. The van der Waals surface area contributed by atoms with Gasteiger partial charge in [0, 0.05) is 11.8 Å². The summed E-state index contributed by atoms with van der Waals surface area (Å²) < 4.78 is 5.74. The fourth-order valence-electron chi connectivity index (χ4n) is 1.60. The van der Waals surface area contributed by atoms with Crippen molar-refractivity contribution in [3.05, 3.63) is 41.8 Å². The van der Waals surface area contributed by atoms with E-state index in [1.807, 2.05) is 30.3 Å². The molecule has 0 bridgehead atoms. The van der Waals surface area contributed by atoms with Gasteiger partial charge in [0.25, 0.3) is 0 Å². The Kier molecular flexibility index (Phi) is 2.69. The van der Waals surface area contributed by atoms with Gasteiger partial charge in [-0.15, -0.1) is 0 Å². The summed E-state index contributed by atoms with van der Waals surface area (Å²) in [4.78, 5) is 8.05. The topological polar surface area (TPSA) is 35.0 Å². The largest absolute Gasteiger partial charge is 0.490 e. The van der Waals surface area contributed by atoms with Gasteiger partial charge in [-0.1, -0.05) is 12.1 Å². The van der Waals surface area contributed by atoms with Crippen LogP contribution in [-0.4, -0.2) is 16.1 Å². The standard InChI is InChI=1S/C13H11ClN2O/c14-13-15-7-6-12(16-13)9-2-1-3-11(8-9)17-10-4-5-10/h1-3,6-8,10H,4-5H2. The summed E-state index contributed by atoms with van der Waals surface area (Å²) in [6.07, 6.45) is 4.37. The first-order valence-corrected chi connectivity index (χ1v) is 5.95. The average molecular weight is 247 g/mol. The van der Waals surface area contributed by atoms with Gasteiger partial charge < -0.3 is 4.74 Å². The molecule has 17 heavy (non-hydrogen) atoms. The smallest absolute Gasteiger partial charge is 0.222 e. The van der Waals surface area contributed by atoms with E-state index in [1.165, 1.54) is 0 Å². The Bertz CT molecular complexity index is 540. The Balaban J connectivity index is 1.91. The summed E-state index contributed by atoms with van der Waals surface area (Å²) in [5, 5.41) is 0.260. The van der Waals surface area contributed by atoms with Gasteiger partial charge in [-0.3, -0.25) is 0 Å². The molecule has 0 radical (unpaired) electrons. The highest BCUT2D eigenvalue weighted by Crippen LogP contribution is 2.29. The van der Waals surface area contributed by atoms with E-state index in [0.29, 0.717) is 6.10 Å². The van der Waals surface area contributed by atoms with E-state index in [4.69, 9.17) is 16.3 Å². The maximum atomic E-state index is 5.78. The SMILES string of the molecule is Clc1nccc(-c2cccc(OC3CC3)c2)n1. The molecule has 1 aliphatic rings. The Morgan fingerprint density at radius 2 is 2.12 bits per heavy atom. The Hall–Kier alpha value is -1.61. The van der Waals surface area contributed by atoms with Gasteiger partial charge in [0.05, 0.1) is 11.8 Å². The van der Waals surface area contributed by atoms with E-state index in [2.05, 4.69) is 9.97 Å². The fraction of sp³-hybridized carbons (Fsp3) is 0.231. The third-order valence-electron chi connectivity index (χ3n) is 2.58. The molecule has 0 aliphatic heterocycles. The van der Waals surface area contributed by atoms with Crippen molar-refractivity contribution in [1.29, 1.82) is 0 Å². The zero-order valence-electron chi connectivity index (χ0n) is 9.14. The van der Waals surface area contributed by atoms with Crippen LogP contribution >= 0.6 is 11.6 Å². The van der Waals surface area contributed by atoms with Crippen molar-refractivity contribution in [2.24, 2.45) is 0 Å². The van der Waals surface area contributed by atoms with Crippen LogP contribution < -0.4 is 4.74 Å². The van der Waals surface area contributed by atoms with Gasteiger partial charge in [0.2, 0.25) is 5.28 Å². The summed E-state index contributed by atoms with van der Waals surface area (Å²) in [6, 6.07) is 9.73. The minimum atomic E-state index is 0.260. The van der Waals surface area contributed by atoms with Crippen LogP contribution in [0.1, 0.15) is 12.8 Å². The molecular weight excluding hydrogens is 236 g/mol. The van der Waals surface area contributed by atoms with Gasteiger partial charge in [0.1, 0.15) is 5.75 Å². The van der Waals surface area contributed by atoms with Crippen LogP contribution in [0.25, 0.3) is 11.3 Å². The van der Waals surface area contributed by atoms with E-state index in [9.17, 15) is 0 Å². The van der Waals surface area contributed by atoms with Crippen LogP contribution in [0.15, 0.2) is 36.5 Å². The van der Waals surface area contributed by atoms with Gasteiger partial charge >= 0.3 is 0 Å². The maximum Gasteiger partial charge on any atom is 0.222 e. The van der Waals surface area contributed by atoms with Crippen LogP contribution in [0.5, 0.6) is 5.75 Å². The third-order valence-corrected chi connectivity index (χ3v) is 2.77. The molecule has 0 saturated heterocycles. The van der Waals surface area contributed by atoms with Gasteiger partial charge in [0.15, 0.2) is 0 Å². The van der Waals surface area contributed by atoms with Crippen molar-refractivity contribution in [3.8, 4) is 17.0 Å². The molecular formula is C13H11ClN2O. The van der Waals surface area contributed by atoms with Crippen LogP contribution in [0.4, 0.5) is 0 Å². The van der Waals surface area contributed by atoms with Crippen LogP contribution in [0, 0.1) is 0 Å². The van der Waals surface area contributed by atoms with E-state index in [-0.39, 0.29) is 5.28 Å². The minimum absolute atomic E-state index is 0.260. The predicted molar refractivity (Wildman–Crippen MR) is 66.1 cm³/mol. The Labute approximate surface area is 104 Å². The highest BCUT2D eigenvalue weighted by atomic mass is 35.5. The van der Waals surface area contributed by atoms with Crippen molar-refractivity contribution in [2.45, 2.75) is 18.9 Å². The average Bonchev–Trinajstić information content (AvgIpc) is 3.13. The molecule has 1 aromatic heterocycles. The number of benzene rings is 1. The summed E-state index contributed by atoms with van der Waals surface area (Å²) in [7, 11) is 0. The van der Waals surface area contributed by atoms with Crippen molar-refractivity contribution < 1.29 is 4.74 Å². The molecule has 0 spiro atoms. The Morgan fingerprint density at radius 1 is 1.24 bits per heavy atom. The van der Waals surface area contributed by atoms with Crippen molar-refractivity contribution in [3.63, 3.8) is 0 Å². The van der Waals surface area contributed by atoms with E-state index in [0.717, 1.165) is 29.8 Å². The monoisotopic (exact) mass is 246 g/mol. The van der Waals surface area contributed by atoms with Crippen LogP contribution in [0.3, 0.4) is 0 Å². The number of hydrogen-bond donors (Lipinski definition) is 0. The lowest BCUT2D eigenvalue weighted by Crippen LogP contribution is -1.96. The molecule has 4 heteroatoms. The molecule has 3 nitrogen and oxygen atoms in total. The molecule has 1 aromatic carbocycles. The number of hydrogen-bond acceptors (Lipinski definition) is 3. The van der Waals surface area contributed by atoms with Gasteiger partial charge in [-0.2, -0.15) is 0 Å². The van der Waals surface area contributed by atoms with Crippen LogP contribution in [-0.2, 0) is 0 Å². The molecule has 1 saturated carbocycles. The molecule has 3 rings (SSSR count). The number of halogens is 1. The number of aromatic nitrogens is 2. The number of nitrogens with zero attached hydrogens (tertiary/aromatic N) is 2.